The van der Waals surface area contributed by atoms with Crippen molar-refractivity contribution in [3.63, 3.8) is 0 Å². The molecular formula is C26H28N6O3. The van der Waals surface area contributed by atoms with Gasteiger partial charge in [0.15, 0.2) is 5.69 Å². The molecule has 35 heavy (non-hydrogen) atoms. The molecule has 0 aliphatic carbocycles. The zero-order chi connectivity index (χ0) is 24.4. The maximum atomic E-state index is 13.2. The van der Waals surface area contributed by atoms with Gasteiger partial charge in [-0.3, -0.25) is 19.0 Å². The minimum atomic E-state index is -0.222. The number of rotatable bonds is 7. The van der Waals surface area contributed by atoms with Gasteiger partial charge in [0, 0.05) is 42.7 Å². The SMILES string of the molecule is CCNC(=O)c1nn(Cc2cccc(OC)c2)c2c1CN(C(=O)Cn1ncc3ccccc31)CC2. The van der Waals surface area contributed by atoms with Crippen LogP contribution in [0.4, 0.5) is 0 Å². The summed E-state index contributed by atoms with van der Waals surface area (Å²) in [7, 11) is 1.64. The van der Waals surface area contributed by atoms with E-state index in [1.54, 1.807) is 22.9 Å². The van der Waals surface area contributed by atoms with Crippen LogP contribution >= 0.6 is 0 Å². The van der Waals surface area contributed by atoms with Crippen LogP contribution in [0.5, 0.6) is 5.75 Å². The number of para-hydroxylation sites is 1. The number of amides is 2. The molecule has 0 fully saturated rings. The van der Waals surface area contributed by atoms with E-state index in [4.69, 9.17) is 4.74 Å². The number of hydrogen-bond donors (Lipinski definition) is 1. The fourth-order valence-corrected chi connectivity index (χ4v) is 4.58. The number of carbonyl (C=O) groups is 2. The molecule has 3 heterocycles. The topological polar surface area (TPSA) is 94.3 Å². The minimum absolute atomic E-state index is 0.0353. The number of nitrogens with one attached hydrogen (secondary N) is 1. The van der Waals surface area contributed by atoms with Gasteiger partial charge in [0.25, 0.3) is 5.91 Å². The van der Waals surface area contributed by atoms with E-state index in [0.717, 1.165) is 33.5 Å². The molecule has 9 heteroatoms. The molecular weight excluding hydrogens is 444 g/mol. The first-order valence-electron chi connectivity index (χ1n) is 11.8. The highest BCUT2D eigenvalue weighted by Gasteiger charge is 2.30. The van der Waals surface area contributed by atoms with Gasteiger partial charge in [0.05, 0.1) is 25.4 Å². The maximum absolute atomic E-state index is 13.2. The molecule has 5 rings (SSSR count). The zero-order valence-corrected chi connectivity index (χ0v) is 19.9. The van der Waals surface area contributed by atoms with Gasteiger partial charge in [-0.2, -0.15) is 10.2 Å². The van der Waals surface area contributed by atoms with E-state index in [2.05, 4.69) is 15.5 Å². The Balaban J connectivity index is 1.41. The van der Waals surface area contributed by atoms with Crippen molar-refractivity contribution < 1.29 is 14.3 Å². The van der Waals surface area contributed by atoms with E-state index >= 15 is 0 Å². The van der Waals surface area contributed by atoms with Crippen LogP contribution < -0.4 is 10.1 Å². The quantitative estimate of drug-likeness (QED) is 0.446. The standard InChI is InChI=1S/C26H28N6O3/c1-3-27-26(34)25-21-16-30(24(33)17-31-22-10-5-4-8-19(22)14-28-31)12-11-23(21)32(29-25)15-18-7-6-9-20(13-18)35-2/h4-10,13-14H,3,11-12,15-17H2,1-2H3,(H,27,34). The van der Waals surface area contributed by atoms with Gasteiger partial charge >= 0.3 is 0 Å². The van der Waals surface area contributed by atoms with Crippen LogP contribution in [0.3, 0.4) is 0 Å². The lowest BCUT2D eigenvalue weighted by Gasteiger charge is -2.28. The first kappa shape index (κ1) is 22.6. The fraction of sp³-hybridized carbons (Fsp3) is 0.308. The Morgan fingerprint density at radius 3 is 2.80 bits per heavy atom. The number of methoxy groups -OCH3 is 1. The summed E-state index contributed by atoms with van der Waals surface area (Å²) in [6.45, 7) is 3.96. The summed E-state index contributed by atoms with van der Waals surface area (Å²) >= 11 is 0. The van der Waals surface area contributed by atoms with Crippen LogP contribution in [0.2, 0.25) is 0 Å². The molecule has 1 aliphatic rings. The van der Waals surface area contributed by atoms with Crippen LogP contribution in [-0.4, -0.2) is 56.5 Å². The monoisotopic (exact) mass is 472 g/mol. The summed E-state index contributed by atoms with van der Waals surface area (Å²) in [4.78, 5) is 27.8. The third kappa shape index (κ3) is 4.49. The van der Waals surface area contributed by atoms with Gasteiger partial charge in [-0.05, 0) is 30.7 Å². The summed E-state index contributed by atoms with van der Waals surface area (Å²) in [6.07, 6.45) is 2.39. The van der Waals surface area contributed by atoms with E-state index in [1.165, 1.54) is 0 Å². The van der Waals surface area contributed by atoms with Crippen molar-refractivity contribution in [2.75, 3.05) is 20.2 Å². The maximum Gasteiger partial charge on any atom is 0.272 e. The van der Waals surface area contributed by atoms with Gasteiger partial charge in [0.1, 0.15) is 12.3 Å². The molecule has 0 atom stereocenters. The van der Waals surface area contributed by atoms with Gasteiger partial charge in [0.2, 0.25) is 5.91 Å². The highest BCUT2D eigenvalue weighted by atomic mass is 16.5. The van der Waals surface area contributed by atoms with Crippen molar-refractivity contribution in [2.24, 2.45) is 0 Å². The molecule has 0 saturated carbocycles. The largest absolute Gasteiger partial charge is 0.497 e. The molecule has 0 unspecified atom stereocenters. The average Bonchev–Trinajstić information content (AvgIpc) is 3.45. The molecule has 180 valence electrons. The molecule has 1 aliphatic heterocycles. The van der Waals surface area contributed by atoms with Gasteiger partial charge in [-0.1, -0.05) is 30.3 Å². The van der Waals surface area contributed by atoms with Gasteiger partial charge in [-0.25, -0.2) is 0 Å². The van der Waals surface area contributed by atoms with Crippen LogP contribution in [0.15, 0.2) is 54.7 Å². The van der Waals surface area contributed by atoms with Crippen LogP contribution in [-0.2, 0) is 30.8 Å². The number of aromatic nitrogens is 4. The van der Waals surface area contributed by atoms with Crippen molar-refractivity contribution in [2.45, 2.75) is 33.0 Å². The van der Waals surface area contributed by atoms with Crippen LogP contribution in [0.1, 0.15) is 34.2 Å². The van der Waals surface area contributed by atoms with Crippen LogP contribution in [0, 0.1) is 0 Å². The molecule has 2 aromatic heterocycles. The molecule has 4 aromatic rings. The molecule has 0 saturated heterocycles. The molecule has 0 spiro atoms. The van der Waals surface area contributed by atoms with E-state index in [0.29, 0.717) is 38.3 Å². The summed E-state index contributed by atoms with van der Waals surface area (Å²) in [6, 6.07) is 15.6. The van der Waals surface area contributed by atoms with Gasteiger partial charge < -0.3 is 15.0 Å². The number of ether oxygens (including phenoxy) is 1. The van der Waals surface area contributed by atoms with Crippen molar-refractivity contribution in [1.82, 2.24) is 29.8 Å². The van der Waals surface area contributed by atoms with E-state index in [1.807, 2.05) is 60.1 Å². The summed E-state index contributed by atoms with van der Waals surface area (Å²) < 4.78 is 8.96. The van der Waals surface area contributed by atoms with Crippen molar-refractivity contribution in [3.05, 3.63) is 77.2 Å². The fourth-order valence-electron chi connectivity index (χ4n) is 4.58. The Morgan fingerprint density at radius 1 is 1.11 bits per heavy atom. The number of benzene rings is 2. The first-order chi connectivity index (χ1) is 17.1. The second-order valence-corrected chi connectivity index (χ2v) is 8.57. The Kier molecular flexibility index (Phi) is 6.22. The zero-order valence-electron chi connectivity index (χ0n) is 19.9. The summed E-state index contributed by atoms with van der Waals surface area (Å²) in [5.41, 5.74) is 4.13. The minimum Gasteiger partial charge on any atom is -0.497 e. The summed E-state index contributed by atoms with van der Waals surface area (Å²) in [5, 5.41) is 12.9. The second-order valence-electron chi connectivity index (χ2n) is 8.57. The number of hydrogen-bond acceptors (Lipinski definition) is 5. The Bertz CT molecular complexity index is 1390. The predicted octanol–water partition coefficient (Wildman–Crippen LogP) is 2.62. The molecule has 2 aromatic carbocycles. The Hall–Kier alpha value is -4.14. The second kappa shape index (κ2) is 9.61. The van der Waals surface area contributed by atoms with Gasteiger partial charge in [-0.15, -0.1) is 0 Å². The lowest BCUT2D eigenvalue weighted by atomic mass is 10.0. The average molecular weight is 473 g/mol. The van der Waals surface area contributed by atoms with E-state index in [9.17, 15) is 9.59 Å². The molecule has 9 nitrogen and oxygen atoms in total. The third-order valence-electron chi connectivity index (χ3n) is 6.34. The number of nitrogens with zero attached hydrogens (tertiary/aromatic N) is 5. The Morgan fingerprint density at radius 2 is 1.97 bits per heavy atom. The lowest BCUT2D eigenvalue weighted by Crippen LogP contribution is -2.39. The first-order valence-corrected chi connectivity index (χ1v) is 11.8. The molecule has 2 amide bonds. The highest BCUT2D eigenvalue weighted by molar-refractivity contribution is 5.94. The van der Waals surface area contributed by atoms with Crippen LogP contribution in [0.25, 0.3) is 10.9 Å². The van der Waals surface area contributed by atoms with Crippen molar-refractivity contribution in [3.8, 4) is 5.75 Å². The predicted molar refractivity (Wildman–Crippen MR) is 131 cm³/mol. The van der Waals surface area contributed by atoms with Crippen molar-refractivity contribution >= 4 is 22.7 Å². The summed E-state index contributed by atoms with van der Waals surface area (Å²) in [5.74, 6) is 0.516. The molecule has 0 bridgehead atoms. The van der Waals surface area contributed by atoms with Crippen molar-refractivity contribution in [1.29, 1.82) is 0 Å². The van der Waals surface area contributed by atoms with E-state index < -0.39 is 0 Å². The molecule has 0 radical (unpaired) electrons. The Labute approximate surface area is 203 Å². The number of fused-ring (bicyclic) bond motifs is 2. The van der Waals surface area contributed by atoms with E-state index in [-0.39, 0.29) is 18.4 Å². The smallest absolute Gasteiger partial charge is 0.272 e. The highest BCUT2D eigenvalue weighted by Crippen LogP contribution is 2.25. The third-order valence-corrected chi connectivity index (χ3v) is 6.34. The normalized spacial score (nSPS) is 13.0. The number of carbonyl (C=O) groups excluding carboxylic acids is 2. The lowest BCUT2D eigenvalue weighted by molar-refractivity contribution is -0.132. The molecule has 1 N–H and O–H groups in total.